The number of carboxylic acid groups (broad SMARTS) is 1. The van der Waals surface area contributed by atoms with Crippen molar-refractivity contribution in [1.82, 2.24) is 15.5 Å². The molecule has 2 unspecified atom stereocenters. The Morgan fingerprint density at radius 1 is 0.927 bits per heavy atom. The van der Waals surface area contributed by atoms with Crippen molar-refractivity contribution in [3.8, 4) is 11.1 Å². The number of hydrogen-bond acceptors (Lipinski definition) is 6. The van der Waals surface area contributed by atoms with Crippen molar-refractivity contribution in [1.29, 1.82) is 0 Å². The highest BCUT2D eigenvalue weighted by atomic mass is 16.5. The number of nitrogens with zero attached hydrogens (tertiary/aromatic N) is 1. The molecule has 1 aliphatic rings. The maximum absolute atomic E-state index is 13.2. The Balaban J connectivity index is 1.41. The second kappa shape index (κ2) is 14.4. The minimum atomic E-state index is -1.02. The molecule has 3 aromatic rings. The Morgan fingerprint density at radius 2 is 1.54 bits per heavy atom. The van der Waals surface area contributed by atoms with E-state index in [1.807, 2.05) is 78.7 Å². The molecule has 0 bridgehead atoms. The van der Waals surface area contributed by atoms with E-state index in [0.29, 0.717) is 13.2 Å². The number of amides is 2. The van der Waals surface area contributed by atoms with Crippen LogP contribution >= 0.6 is 0 Å². The molecule has 3 aromatic carbocycles. The number of fused-ring (bicyclic) bond motifs is 3. The summed E-state index contributed by atoms with van der Waals surface area (Å²) in [7, 11) is 1.86. The summed E-state index contributed by atoms with van der Waals surface area (Å²) in [5.74, 6) is -1.58. The number of hydrogen-bond donors (Lipinski definition) is 3. The van der Waals surface area contributed by atoms with E-state index in [0.717, 1.165) is 27.8 Å². The van der Waals surface area contributed by atoms with Gasteiger partial charge in [-0.25, -0.2) is 4.79 Å². The number of ether oxygens (including phenoxy) is 2. The number of likely N-dealkylation sites (N-methyl/N-ethyl adjacent to an activating group) is 1. The van der Waals surface area contributed by atoms with Crippen molar-refractivity contribution in [2.75, 3.05) is 33.4 Å². The van der Waals surface area contributed by atoms with Crippen LogP contribution in [-0.2, 0) is 25.6 Å². The lowest BCUT2D eigenvalue weighted by atomic mass is 9.98. The minimum absolute atomic E-state index is 0.00421. The molecule has 0 aromatic heterocycles. The number of rotatable bonds is 14. The van der Waals surface area contributed by atoms with Crippen LogP contribution in [0.5, 0.6) is 0 Å². The second-order valence-electron chi connectivity index (χ2n) is 10.1. The number of nitrogens with one attached hydrogen (secondary N) is 2. The molecule has 9 nitrogen and oxygen atoms in total. The third-order valence-corrected chi connectivity index (χ3v) is 7.05. The first-order valence-corrected chi connectivity index (χ1v) is 13.8. The van der Waals surface area contributed by atoms with Crippen LogP contribution in [-0.4, -0.2) is 73.5 Å². The van der Waals surface area contributed by atoms with Crippen LogP contribution < -0.4 is 10.6 Å². The van der Waals surface area contributed by atoms with Gasteiger partial charge in [0.15, 0.2) is 0 Å². The van der Waals surface area contributed by atoms with Gasteiger partial charge >= 0.3 is 12.1 Å². The summed E-state index contributed by atoms with van der Waals surface area (Å²) in [5.41, 5.74) is 5.51. The van der Waals surface area contributed by atoms with Gasteiger partial charge in [0.1, 0.15) is 12.6 Å². The lowest BCUT2D eigenvalue weighted by molar-refractivity contribution is -0.140. The van der Waals surface area contributed by atoms with Gasteiger partial charge in [-0.2, -0.15) is 0 Å². The molecule has 2 atom stereocenters. The quantitative estimate of drug-likeness (QED) is 0.273. The fraction of sp³-hybridized carbons (Fsp3) is 0.344. The summed E-state index contributed by atoms with van der Waals surface area (Å²) in [5, 5.41) is 14.6. The molecule has 0 aliphatic heterocycles. The van der Waals surface area contributed by atoms with Crippen LogP contribution in [0.2, 0.25) is 0 Å². The highest BCUT2D eigenvalue weighted by molar-refractivity contribution is 5.86. The third-order valence-electron chi connectivity index (χ3n) is 7.05. The van der Waals surface area contributed by atoms with E-state index in [1.54, 1.807) is 6.92 Å². The van der Waals surface area contributed by atoms with Crippen LogP contribution in [0.15, 0.2) is 78.9 Å². The van der Waals surface area contributed by atoms with Crippen molar-refractivity contribution in [2.45, 2.75) is 38.0 Å². The van der Waals surface area contributed by atoms with Crippen molar-refractivity contribution in [3.05, 3.63) is 95.6 Å². The molecular formula is C32H37N3O6. The van der Waals surface area contributed by atoms with E-state index in [9.17, 15) is 14.4 Å². The number of carboxylic acids is 1. The molecule has 0 heterocycles. The van der Waals surface area contributed by atoms with Crippen molar-refractivity contribution in [3.63, 3.8) is 0 Å². The van der Waals surface area contributed by atoms with Gasteiger partial charge in [0, 0.05) is 32.2 Å². The van der Waals surface area contributed by atoms with Gasteiger partial charge in [0.2, 0.25) is 5.91 Å². The number of benzene rings is 3. The topological polar surface area (TPSA) is 117 Å². The fourth-order valence-electron chi connectivity index (χ4n) is 5.21. The molecule has 9 heteroatoms. The Hall–Kier alpha value is -4.21. The summed E-state index contributed by atoms with van der Waals surface area (Å²) in [6.07, 6.45) is -1.63. The minimum Gasteiger partial charge on any atom is -0.481 e. The van der Waals surface area contributed by atoms with E-state index in [-0.39, 0.29) is 32.0 Å². The normalized spacial score (nSPS) is 13.6. The van der Waals surface area contributed by atoms with Crippen molar-refractivity contribution in [2.24, 2.45) is 0 Å². The van der Waals surface area contributed by atoms with Crippen LogP contribution in [0.1, 0.15) is 36.0 Å². The maximum atomic E-state index is 13.2. The van der Waals surface area contributed by atoms with Gasteiger partial charge < -0.3 is 25.2 Å². The first kappa shape index (κ1) is 29.8. The first-order chi connectivity index (χ1) is 19.9. The summed E-state index contributed by atoms with van der Waals surface area (Å²) < 4.78 is 11.1. The molecule has 0 fully saturated rings. The molecular weight excluding hydrogens is 522 g/mol. The van der Waals surface area contributed by atoms with Crippen LogP contribution in [0.25, 0.3) is 11.1 Å². The highest BCUT2D eigenvalue weighted by Crippen LogP contribution is 2.44. The van der Waals surface area contributed by atoms with E-state index < -0.39 is 30.1 Å². The lowest BCUT2D eigenvalue weighted by Crippen LogP contribution is -2.53. The Kier molecular flexibility index (Phi) is 10.5. The van der Waals surface area contributed by atoms with Gasteiger partial charge in [-0.1, -0.05) is 78.9 Å². The monoisotopic (exact) mass is 559 g/mol. The molecule has 2 amide bonds. The summed E-state index contributed by atoms with van der Waals surface area (Å²) in [6.45, 7) is 2.98. The molecule has 0 spiro atoms. The first-order valence-electron chi connectivity index (χ1n) is 13.8. The average Bonchev–Trinajstić information content (AvgIpc) is 3.28. The Labute approximate surface area is 240 Å². The number of alkyl carbamates (subject to hydrolysis) is 1. The Morgan fingerprint density at radius 3 is 2.15 bits per heavy atom. The molecule has 3 N–H and O–H groups in total. The van der Waals surface area contributed by atoms with E-state index in [4.69, 9.17) is 14.6 Å². The predicted octanol–water partition coefficient (Wildman–Crippen LogP) is 4.02. The van der Waals surface area contributed by atoms with Gasteiger partial charge in [0.25, 0.3) is 0 Å². The number of carbonyl (C=O) groups excluding carboxylic acids is 2. The number of aliphatic carboxylic acids is 1. The summed E-state index contributed by atoms with van der Waals surface area (Å²) in [4.78, 5) is 39.4. The zero-order chi connectivity index (χ0) is 29.2. The smallest absolute Gasteiger partial charge is 0.407 e. The zero-order valence-corrected chi connectivity index (χ0v) is 23.4. The molecule has 0 saturated carbocycles. The van der Waals surface area contributed by atoms with Crippen LogP contribution in [0.3, 0.4) is 0 Å². The van der Waals surface area contributed by atoms with Crippen molar-refractivity contribution < 1.29 is 29.0 Å². The lowest BCUT2D eigenvalue weighted by Gasteiger charge is -2.25. The molecule has 0 radical (unpaired) electrons. The summed E-state index contributed by atoms with van der Waals surface area (Å²) >= 11 is 0. The molecule has 0 saturated heterocycles. The van der Waals surface area contributed by atoms with Gasteiger partial charge in [-0.15, -0.1) is 0 Å². The molecule has 1 aliphatic carbocycles. The third kappa shape index (κ3) is 8.15. The van der Waals surface area contributed by atoms with Crippen LogP contribution in [0, 0.1) is 0 Å². The molecule has 4 rings (SSSR count). The fourth-order valence-corrected chi connectivity index (χ4v) is 5.21. The Bertz CT molecular complexity index is 1290. The van der Waals surface area contributed by atoms with E-state index in [1.165, 1.54) is 0 Å². The largest absolute Gasteiger partial charge is 0.481 e. The summed E-state index contributed by atoms with van der Waals surface area (Å²) in [6, 6.07) is 25.0. The second-order valence-corrected chi connectivity index (χ2v) is 10.1. The van der Waals surface area contributed by atoms with Gasteiger partial charge in [-0.3, -0.25) is 14.5 Å². The predicted molar refractivity (Wildman–Crippen MR) is 155 cm³/mol. The molecule has 216 valence electrons. The standard InChI is InChI=1S/C32H37N3O6/c1-3-40-23(17-30(36)37)18-33-31(38)29(20-35(2)19-22-11-5-4-6-12-22)34-32(39)41-21-28-26-15-9-7-13-24(26)25-14-8-10-16-27(25)28/h4-16,23,28-29H,3,17-21H2,1-2H3,(H,33,38)(H,34,39)(H,36,37). The van der Waals surface area contributed by atoms with Gasteiger partial charge in [-0.05, 0) is 41.8 Å². The average molecular weight is 560 g/mol. The van der Waals surface area contributed by atoms with E-state index in [2.05, 4.69) is 22.8 Å². The van der Waals surface area contributed by atoms with Crippen LogP contribution in [0.4, 0.5) is 4.79 Å². The SMILES string of the molecule is CCOC(CNC(=O)C(CN(C)Cc1ccccc1)NC(=O)OCC1c2ccccc2-c2ccccc21)CC(=O)O. The maximum Gasteiger partial charge on any atom is 0.407 e. The van der Waals surface area contributed by atoms with Crippen molar-refractivity contribution >= 4 is 18.0 Å². The zero-order valence-electron chi connectivity index (χ0n) is 23.4. The number of carbonyl (C=O) groups is 3. The molecule has 41 heavy (non-hydrogen) atoms. The highest BCUT2D eigenvalue weighted by Gasteiger charge is 2.30. The van der Waals surface area contributed by atoms with Gasteiger partial charge in [0.05, 0.1) is 12.5 Å². The van der Waals surface area contributed by atoms with E-state index >= 15 is 0 Å².